The molecule has 2 saturated carbocycles. The van der Waals surface area contributed by atoms with Crippen molar-refractivity contribution in [3.8, 4) is 0 Å². The van der Waals surface area contributed by atoms with E-state index in [9.17, 15) is 4.79 Å². The maximum Gasteiger partial charge on any atom is 0.239 e. The Labute approximate surface area is 175 Å². The number of aliphatic imine (C=N–C) groups is 1. The van der Waals surface area contributed by atoms with Gasteiger partial charge < -0.3 is 16.0 Å². The highest BCUT2D eigenvalue weighted by atomic mass is 127. The van der Waals surface area contributed by atoms with E-state index in [0.717, 1.165) is 37.8 Å². The third-order valence-corrected chi connectivity index (χ3v) is 6.01. The largest absolute Gasteiger partial charge is 0.352 e. The van der Waals surface area contributed by atoms with Crippen molar-refractivity contribution >= 4 is 35.8 Å². The first-order valence-corrected chi connectivity index (χ1v) is 10.2. The lowest BCUT2D eigenvalue weighted by Gasteiger charge is -2.24. The van der Waals surface area contributed by atoms with Gasteiger partial charge in [-0.25, -0.2) is 0 Å². The molecule has 1 aliphatic heterocycles. The van der Waals surface area contributed by atoms with Crippen LogP contribution in [0.2, 0.25) is 0 Å². The first-order valence-electron chi connectivity index (χ1n) is 10.2. The lowest BCUT2D eigenvalue weighted by Crippen LogP contribution is -2.49. The molecule has 0 aromatic carbocycles. The lowest BCUT2D eigenvalue weighted by molar-refractivity contribution is -0.120. The van der Waals surface area contributed by atoms with Gasteiger partial charge in [0.2, 0.25) is 5.91 Å². The zero-order valence-corrected chi connectivity index (χ0v) is 18.5. The highest BCUT2D eigenvalue weighted by molar-refractivity contribution is 14.0. The van der Waals surface area contributed by atoms with E-state index in [1.807, 2.05) is 0 Å². The Morgan fingerprint density at radius 3 is 2.35 bits per heavy atom. The van der Waals surface area contributed by atoms with Gasteiger partial charge in [-0.3, -0.25) is 14.7 Å². The van der Waals surface area contributed by atoms with Crippen molar-refractivity contribution in [1.29, 1.82) is 0 Å². The maximum absolute atomic E-state index is 12.1. The molecule has 150 valence electrons. The number of carbonyl (C=O) groups is 1. The van der Waals surface area contributed by atoms with E-state index in [-0.39, 0.29) is 29.9 Å². The summed E-state index contributed by atoms with van der Waals surface area (Å²) in [5.41, 5.74) is 0. The van der Waals surface area contributed by atoms with E-state index in [1.54, 1.807) is 7.05 Å². The second kappa shape index (κ2) is 11.3. The third kappa shape index (κ3) is 6.55. The number of halogens is 1. The van der Waals surface area contributed by atoms with E-state index in [1.165, 1.54) is 51.5 Å². The molecular formula is C19H36IN5O. The van der Waals surface area contributed by atoms with Crippen molar-refractivity contribution in [2.24, 2.45) is 4.99 Å². The summed E-state index contributed by atoms with van der Waals surface area (Å²) in [5.74, 6) is 0.825. The number of amides is 1. The molecular weight excluding hydrogens is 441 g/mol. The number of carbonyl (C=O) groups excluding carboxylic acids is 1. The quantitative estimate of drug-likeness (QED) is 0.323. The van der Waals surface area contributed by atoms with Gasteiger partial charge in [0, 0.05) is 38.3 Å². The average molecular weight is 477 g/mol. The van der Waals surface area contributed by atoms with Gasteiger partial charge in [-0.05, 0) is 32.1 Å². The molecule has 3 aliphatic rings. The molecule has 6 nitrogen and oxygen atoms in total. The Morgan fingerprint density at radius 2 is 1.65 bits per heavy atom. The minimum Gasteiger partial charge on any atom is -0.352 e. The van der Waals surface area contributed by atoms with Crippen molar-refractivity contribution in [2.75, 3.05) is 26.7 Å². The number of guanidine groups is 1. The Morgan fingerprint density at radius 1 is 0.962 bits per heavy atom. The second-order valence-corrected chi connectivity index (χ2v) is 7.89. The Hall–Kier alpha value is -0.570. The van der Waals surface area contributed by atoms with Crippen molar-refractivity contribution in [1.82, 2.24) is 20.9 Å². The topological polar surface area (TPSA) is 68.8 Å². The molecule has 1 atom stereocenters. The summed E-state index contributed by atoms with van der Waals surface area (Å²) in [4.78, 5) is 19.1. The molecule has 0 bridgehead atoms. The fraction of sp³-hybridized carbons (Fsp3) is 0.895. The van der Waals surface area contributed by atoms with Crippen LogP contribution in [0.25, 0.3) is 0 Å². The summed E-state index contributed by atoms with van der Waals surface area (Å²) >= 11 is 0. The van der Waals surface area contributed by atoms with E-state index in [4.69, 9.17) is 0 Å². The lowest BCUT2D eigenvalue weighted by atomic mass is 9.95. The van der Waals surface area contributed by atoms with Crippen LogP contribution >= 0.6 is 24.0 Å². The van der Waals surface area contributed by atoms with Crippen molar-refractivity contribution < 1.29 is 4.79 Å². The number of hydrogen-bond donors (Lipinski definition) is 3. The number of likely N-dealkylation sites (tertiary alicyclic amines) is 1. The SMILES string of the molecule is CN=C(NCC(=O)NC1CCCCC1)NC1CCN(C2CCCC2)C1.I. The predicted molar refractivity (Wildman–Crippen MR) is 117 cm³/mol. The summed E-state index contributed by atoms with van der Waals surface area (Å²) in [6.45, 7) is 2.58. The van der Waals surface area contributed by atoms with Crippen LogP contribution in [0.5, 0.6) is 0 Å². The van der Waals surface area contributed by atoms with E-state index >= 15 is 0 Å². The Balaban J connectivity index is 0.00000243. The standard InChI is InChI=1S/C19H35N5O.HI/c1-20-19(21-13-18(25)22-15-7-3-2-4-8-15)23-16-11-12-24(14-16)17-9-5-6-10-17;/h15-17H,2-14H2,1H3,(H,22,25)(H2,20,21,23);1H. The molecule has 0 radical (unpaired) electrons. The molecule has 0 aromatic heterocycles. The van der Waals surface area contributed by atoms with Crippen LogP contribution in [0.1, 0.15) is 64.2 Å². The summed E-state index contributed by atoms with van der Waals surface area (Å²) in [7, 11) is 1.78. The van der Waals surface area contributed by atoms with Gasteiger partial charge in [0.15, 0.2) is 5.96 Å². The smallest absolute Gasteiger partial charge is 0.239 e. The summed E-state index contributed by atoms with van der Waals surface area (Å²) < 4.78 is 0. The highest BCUT2D eigenvalue weighted by Crippen LogP contribution is 2.26. The molecule has 3 N–H and O–H groups in total. The Bertz CT molecular complexity index is 461. The predicted octanol–water partition coefficient (Wildman–Crippen LogP) is 2.24. The average Bonchev–Trinajstić information content (AvgIpc) is 3.31. The molecule has 1 heterocycles. The number of rotatable bonds is 5. The van der Waals surface area contributed by atoms with Crippen LogP contribution in [0.3, 0.4) is 0 Å². The van der Waals surface area contributed by atoms with Gasteiger partial charge >= 0.3 is 0 Å². The fourth-order valence-electron chi connectivity index (χ4n) is 4.58. The van der Waals surface area contributed by atoms with Crippen LogP contribution in [-0.4, -0.2) is 61.6 Å². The first kappa shape index (κ1) is 21.7. The molecule has 1 unspecified atom stereocenters. The first-order chi connectivity index (χ1) is 12.2. The third-order valence-electron chi connectivity index (χ3n) is 6.01. The molecule has 2 aliphatic carbocycles. The molecule has 3 fully saturated rings. The summed E-state index contributed by atoms with van der Waals surface area (Å²) in [6, 6.07) is 1.60. The Kier molecular flexibility index (Phi) is 9.45. The number of hydrogen-bond acceptors (Lipinski definition) is 3. The number of nitrogens with zero attached hydrogens (tertiary/aromatic N) is 2. The number of nitrogens with one attached hydrogen (secondary N) is 3. The zero-order valence-electron chi connectivity index (χ0n) is 16.1. The second-order valence-electron chi connectivity index (χ2n) is 7.89. The van der Waals surface area contributed by atoms with Crippen LogP contribution in [0.15, 0.2) is 4.99 Å². The van der Waals surface area contributed by atoms with Gasteiger partial charge in [-0.1, -0.05) is 32.1 Å². The molecule has 26 heavy (non-hydrogen) atoms. The molecule has 0 spiro atoms. The van der Waals surface area contributed by atoms with Gasteiger partial charge in [0.1, 0.15) is 0 Å². The van der Waals surface area contributed by atoms with Crippen LogP contribution in [-0.2, 0) is 4.79 Å². The fourth-order valence-corrected chi connectivity index (χ4v) is 4.58. The van der Waals surface area contributed by atoms with Crippen LogP contribution in [0.4, 0.5) is 0 Å². The van der Waals surface area contributed by atoms with E-state index < -0.39 is 0 Å². The molecule has 7 heteroatoms. The summed E-state index contributed by atoms with van der Waals surface area (Å²) in [5, 5.41) is 9.82. The summed E-state index contributed by atoms with van der Waals surface area (Å²) in [6.07, 6.45) is 12.7. The van der Waals surface area contributed by atoms with Crippen molar-refractivity contribution in [3.63, 3.8) is 0 Å². The normalized spacial score (nSPS) is 25.7. The van der Waals surface area contributed by atoms with E-state index in [0.29, 0.717) is 18.6 Å². The highest BCUT2D eigenvalue weighted by Gasteiger charge is 2.30. The van der Waals surface area contributed by atoms with Gasteiger partial charge in [0.05, 0.1) is 6.54 Å². The minimum atomic E-state index is 0. The molecule has 1 amide bonds. The molecule has 3 rings (SSSR count). The zero-order chi connectivity index (χ0) is 17.5. The van der Waals surface area contributed by atoms with Crippen molar-refractivity contribution in [2.45, 2.75) is 82.3 Å². The van der Waals surface area contributed by atoms with Gasteiger partial charge in [0.25, 0.3) is 0 Å². The van der Waals surface area contributed by atoms with Crippen LogP contribution < -0.4 is 16.0 Å². The maximum atomic E-state index is 12.1. The molecule has 0 aromatic rings. The molecule has 1 saturated heterocycles. The van der Waals surface area contributed by atoms with E-state index in [2.05, 4.69) is 25.8 Å². The van der Waals surface area contributed by atoms with Gasteiger partial charge in [-0.2, -0.15) is 0 Å². The van der Waals surface area contributed by atoms with Crippen molar-refractivity contribution in [3.05, 3.63) is 0 Å². The minimum absolute atomic E-state index is 0. The van der Waals surface area contributed by atoms with Gasteiger partial charge in [-0.15, -0.1) is 24.0 Å². The van der Waals surface area contributed by atoms with Crippen LogP contribution in [0, 0.1) is 0 Å². The monoisotopic (exact) mass is 477 g/mol.